The van der Waals surface area contributed by atoms with Crippen LogP contribution in [0.1, 0.15) is 31.3 Å². The number of esters is 1. The van der Waals surface area contributed by atoms with E-state index in [1.807, 2.05) is 0 Å². The minimum absolute atomic E-state index is 0.0384. The van der Waals surface area contributed by atoms with Crippen molar-refractivity contribution in [3.63, 3.8) is 0 Å². The predicted molar refractivity (Wildman–Crippen MR) is 74.3 cm³/mol. The number of carbonyl (C=O) groups excluding carboxylic acids is 1. The van der Waals surface area contributed by atoms with E-state index in [1.165, 1.54) is 12.1 Å². The van der Waals surface area contributed by atoms with Crippen LogP contribution >= 0.6 is 0 Å². The van der Waals surface area contributed by atoms with E-state index >= 15 is 0 Å². The molecular weight excluding hydrogens is 278 g/mol. The lowest BCUT2D eigenvalue weighted by molar-refractivity contribution is -0.384. The Morgan fingerprint density at radius 3 is 2.52 bits per heavy atom. The standard InChI is InChI=1S/C14H13NO6/c1-14(2,3)21-13(17)12-7-10(16)9-6-8(15(18)19)4-5-11(9)20-12/h4-7H,1-3H3. The minimum atomic E-state index is -0.764. The Bertz CT molecular complexity index is 784. The first-order valence-electron chi connectivity index (χ1n) is 6.13. The SMILES string of the molecule is CC(C)(C)OC(=O)c1cc(=O)c2cc([N+](=O)[O-])ccc2o1. The van der Waals surface area contributed by atoms with Crippen LogP contribution in [0.2, 0.25) is 0 Å². The van der Waals surface area contributed by atoms with Crippen molar-refractivity contribution in [3.05, 3.63) is 50.4 Å². The van der Waals surface area contributed by atoms with Gasteiger partial charge in [-0.1, -0.05) is 0 Å². The molecule has 2 aromatic rings. The van der Waals surface area contributed by atoms with E-state index in [-0.39, 0.29) is 22.4 Å². The number of non-ortho nitro benzene ring substituents is 1. The summed E-state index contributed by atoms with van der Waals surface area (Å²) in [4.78, 5) is 33.9. The lowest BCUT2D eigenvalue weighted by Crippen LogP contribution is -2.24. The number of nitro benzene ring substituents is 1. The first kappa shape index (κ1) is 14.7. The first-order valence-corrected chi connectivity index (χ1v) is 6.13. The third kappa shape index (κ3) is 3.25. The third-order valence-electron chi connectivity index (χ3n) is 2.52. The van der Waals surface area contributed by atoms with Gasteiger partial charge in [-0.15, -0.1) is 0 Å². The molecule has 0 amide bonds. The number of hydrogen-bond donors (Lipinski definition) is 0. The Kier molecular flexibility index (Phi) is 3.51. The fraction of sp³-hybridized carbons (Fsp3) is 0.286. The number of benzene rings is 1. The first-order chi connectivity index (χ1) is 9.67. The Labute approximate surface area is 119 Å². The molecule has 1 aromatic carbocycles. The number of carbonyl (C=O) groups is 1. The van der Waals surface area contributed by atoms with Gasteiger partial charge in [0.25, 0.3) is 5.69 Å². The molecule has 0 aliphatic carbocycles. The number of ether oxygens (including phenoxy) is 1. The Morgan fingerprint density at radius 2 is 1.95 bits per heavy atom. The molecule has 2 rings (SSSR count). The molecule has 0 bridgehead atoms. The van der Waals surface area contributed by atoms with E-state index in [2.05, 4.69) is 0 Å². The van der Waals surface area contributed by atoms with Gasteiger partial charge in [0, 0.05) is 18.2 Å². The highest BCUT2D eigenvalue weighted by Gasteiger charge is 2.21. The summed E-state index contributed by atoms with van der Waals surface area (Å²) < 4.78 is 10.4. The number of nitro groups is 1. The summed E-state index contributed by atoms with van der Waals surface area (Å²) in [5.41, 5.74) is -1.39. The smallest absolute Gasteiger partial charge is 0.374 e. The molecule has 1 aromatic heterocycles. The molecule has 0 spiro atoms. The number of fused-ring (bicyclic) bond motifs is 1. The molecule has 110 valence electrons. The van der Waals surface area contributed by atoms with Crippen LogP contribution in [0.15, 0.2) is 33.5 Å². The van der Waals surface area contributed by atoms with Gasteiger partial charge in [0.1, 0.15) is 11.2 Å². The fourth-order valence-corrected chi connectivity index (χ4v) is 1.69. The Morgan fingerprint density at radius 1 is 1.29 bits per heavy atom. The van der Waals surface area contributed by atoms with Crippen LogP contribution in [0.3, 0.4) is 0 Å². The van der Waals surface area contributed by atoms with E-state index in [0.29, 0.717) is 0 Å². The second-order valence-electron chi connectivity index (χ2n) is 5.41. The van der Waals surface area contributed by atoms with Gasteiger partial charge in [-0.05, 0) is 26.8 Å². The van der Waals surface area contributed by atoms with Crippen LogP contribution in [0.4, 0.5) is 5.69 Å². The molecule has 0 N–H and O–H groups in total. The van der Waals surface area contributed by atoms with Gasteiger partial charge in [0.05, 0.1) is 10.3 Å². The van der Waals surface area contributed by atoms with E-state index in [0.717, 1.165) is 12.1 Å². The quantitative estimate of drug-likeness (QED) is 0.479. The zero-order chi connectivity index (χ0) is 15.8. The predicted octanol–water partition coefficient (Wildman–Crippen LogP) is 2.66. The summed E-state index contributed by atoms with van der Waals surface area (Å²) in [6.45, 7) is 5.06. The van der Waals surface area contributed by atoms with Crippen molar-refractivity contribution in [2.24, 2.45) is 0 Å². The van der Waals surface area contributed by atoms with Gasteiger partial charge in [-0.3, -0.25) is 14.9 Å². The average molecular weight is 291 g/mol. The molecule has 0 saturated carbocycles. The van der Waals surface area contributed by atoms with Crippen LogP contribution in [0.5, 0.6) is 0 Å². The Balaban J connectivity index is 2.51. The van der Waals surface area contributed by atoms with Crippen LogP contribution in [-0.4, -0.2) is 16.5 Å². The number of hydrogen-bond acceptors (Lipinski definition) is 6. The van der Waals surface area contributed by atoms with Gasteiger partial charge in [-0.2, -0.15) is 0 Å². The van der Waals surface area contributed by atoms with Crippen molar-refractivity contribution >= 4 is 22.6 Å². The van der Waals surface area contributed by atoms with Crippen molar-refractivity contribution < 1.29 is 18.9 Å². The number of nitrogens with zero attached hydrogens (tertiary/aromatic N) is 1. The number of rotatable bonds is 2. The highest BCUT2D eigenvalue weighted by atomic mass is 16.6. The molecule has 0 saturated heterocycles. The molecule has 7 heteroatoms. The van der Waals surface area contributed by atoms with Gasteiger partial charge in [-0.25, -0.2) is 4.79 Å². The van der Waals surface area contributed by atoms with Gasteiger partial charge in [0.2, 0.25) is 5.76 Å². The maximum atomic E-state index is 12.0. The molecule has 7 nitrogen and oxygen atoms in total. The van der Waals surface area contributed by atoms with Gasteiger partial charge >= 0.3 is 5.97 Å². The van der Waals surface area contributed by atoms with Crippen molar-refractivity contribution in [1.29, 1.82) is 0 Å². The zero-order valence-corrected chi connectivity index (χ0v) is 11.7. The molecule has 0 radical (unpaired) electrons. The normalized spacial score (nSPS) is 11.4. The minimum Gasteiger partial charge on any atom is -0.454 e. The van der Waals surface area contributed by atoms with Crippen molar-refractivity contribution in [3.8, 4) is 0 Å². The van der Waals surface area contributed by atoms with E-state index < -0.39 is 21.9 Å². The molecule has 0 atom stereocenters. The molecule has 1 heterocycles. The summed E-state index contributed by atoms with van der Waals surface area (Å²) in [5, 5.41) is 10.7. The maximum Gasteiger partial charge on any atom is 0.374 e. The lowest BCUT2D eigenvalue weighted by Gasteiger charge is -2.18. The van der Waals surface area contributed by atoms with E-state index in [9.17, 15) is 19.7 Å². The van der Waals surface area contributed by atoms with Crippen LogP contribution < -0.4 is 5.43 Å². The van der Waals surface area contributed by atoms with Gasteiger partial charge in [0.15, 0.2) is 5.43 Å². The molecular formula is C14H13NO6. The highest BCUT2D eigenvalue weighted by Crippen LogP contribution is 2.20. The molecule has 0 aliphatic rings. The summed E-state index contributed by atoms with van der Waals surface area (Å²) in [6.07, 6.45) is 0. The highest BCUT2D eigenvalue weighted by molar-refractivity contribution is 5.89. The van der Waals surface area contributed by atoms with E-state index in [1.54, 1.807) is 20.8 Å². The zero-order valence-electron chi connectivity index (χ0n) is 11.7. The summed E-state index contributed by atoms with van der Waals surface area (Å²) >= 11 is 0. The topological polar surface area (TPSA) is 99.7 Å². The monoisotopic (exact) mass is 291 g/mol. The van der Waals surface area contributed by atoms with E-state index in [4.69, 9.17) is 9.15 Å². The van der Waals surface area contributed by atoms with Crippen molar-refractivity contribution in [1.82, 2.24) is 0 Å². The Hall–Kier alpha value is -2.70. The molecule has 0 aliphatic heterocycles. The largest absolute Gasteiger partial charge is 0.454 e. The summed E-state index contributed by atoms with van der Waals surface area (Å²) in [6, 6.07) is 4.56. The second kappa shape index (κ2) is 5.01. The van der Waals surface area contributed by atoms with Crippen LogP contribution in [-0.2, 0) is 4.74 Å². The van der Waals surface area contributed by atoms with Crippen LogP contribution in [0, 0.1) is 10.1 Å². The molecule has 0 unspecified atom stereocenters. The third-order valence-corrected chi connectivity index (χ3v) is 2.52. The molecule has 0 fully saturated rings. The van der Waals surface area contributed by atoms with Gasteiger partial charge < -0.3 is 9.15 Å². The van der Waals surface area contributed by atoms with Crippen molar-refractivity contribution in [2.45, 2.75) is 26.4 Å². The lowest BCUT2D eigenvalue weighted by atomic mass is 10.2. The fourth-order valence-electron chi connectivity index (χ4n) is 1.69. The average Bonchev–Trinajstić information content (AvgIpc) is 2.36. The second-order valence-corrected chi connectivity index (χ2v) is 5.41. The maximum absolute atomic E-state index is 12.0. The van der Waals surface area contributed by atoms with Crippen LogP contribution in [0.25, 0.3) is 11.0 Å². The summed E-state index contributed by atoms with van der Waals surface area (Å²) in [7, 11) is 0. The summed E-state index contributed by atoms with van der Waals surface area (Å²) in [5.74, 6) is -1.00. The molecule has 21 heavy (non-hydrogen) atoms. The van der Waals surface area contributed by atoms with Crippen molar-refractivity contribution in [2.75, 3.05) is 0 Å².